The summed E-state index contributed by atoms with van der Waals surface area (Å²) in [5, 5.41) is 3.85. The predicted octanol–water partition coefficient (Wildman–Crippen LogP) is 2.60. The molecule has 2 amide bonds. The number of nitrogens with one attached hydrogen (secondary N) is 2. The van der Waals surface area contributed by atoms with E-state index in [0.717, 1.165) is 22.0 Å². The van der Waals surface area contributed by atoms with Crippen molar-refractivity contribution in [1.82, 2.24) is 15.2 Å². The number of rotatable bonds is 6. The van der Waals surface area contributed by atoms with E-state index < -0.39 is 6.04 Å². The van der Waals surface area contributed by atoms with Gasteiger partial charge in [0.2, 0.25) is 18.6 Å². The lowest BCUT2D eigenvalue weighted by molar-refractivity contribution is -0.135. The van der Waals surface area contributed by atoms with Crippen LogP contribution in [0.25, 0.3) is 10.9 Å². The molecule has 1 aliphatic heterocycles. The zero-order valence-electron chi connectivity index (χ0n) is 16.4. The van der Waals surface area contributed by atoms with Crippen molar-refractivity contribution >= 4 is 22.7 Å². The van der Waals surface area contributed by atoms with E-state index >= 15 is 0 Å². The molecule has 1 aliphatic rings. The Morgan fingerprint density at radius 3 is 2.79 bits per heavy atom. The van der Waals surface area contributed by atoms with Crippen molar-refractivity contribution in [3.05, 3.63) is 59.8 Å². The van der Waals surface area contributed by atoms with Gasteiger partial charge in [-0.2, -0.15) is 0 Å². The largest absolute Gasteiger partial charge is 0.454 e. The van der Waals surface area contributed by atoms with Gasteiger partial charge in [0.1, 0.15) is 6.04 Å². The van der Waals surface area contributed by atoms with Crippen LogP contribution in [0.15, 0.2) is 48.7 Å². The highest BCUT2D eigenvalue weighted by Crippen LogP contribution is 2.32. The number of hydrogen-bond acceptors (Lipinski definition) is 4. The Morgan fingerprint density at radius 2 is 1.97 bits per heavy atom. The van der Waals surface area contributed by atoms with Crippen LogP contribution in [0.1, 0.15) is 18.1 Å². The quantitative estimate of drug-likeness (QED) is 0.674. The van der Waals surface area contributed by atoms with Gasteiger partial charge in [-0.3, -0.25) is 9.59 Å². The molecule has 0 saturated heterocycles. The highest BCUT2D eigenvalue weighted by Gasteiger charge is 2.25. The maximum absolute atomic E-state index is 13.1. The van der Waals surface area contributed by atoms with Crippen LogP contribution in [-0.4, -0.2) is 41.6 Å². The molecule has 0 spiro atoms. The third kappa shape index (κ3) is 4.03. The molecule has 3 aromatic rings. The topological polar surface area (TPSA) is 83.7 Å². The molecule has 150 valence electrons. The van der Waals surface area contributed by atoms with Crippen molar-refractivity contribution in [3.8, 4) is 11.5 Å². The Kier molecular flexibility index (Phi) is 5.12. The smallest absolute Gasteiger partial charge is 0.245 e. The first-order valence-corrected chi connectivity index (χ1v) is 9.47. The lowest BCUT2D eigenvalue weighted by Crippen LogP contribution is -2.47. The Balaban J connectivity index is 1.51. The fourth-order valence-electron chi connectivity index (χ4n) is 3.62. The summed E-state index contributed by atoms with van der Waals surface area (Å²) < 4.78 is 10.7. The first-order valence-electron chi connectivity index (χ1n) is 9.47. The van der Waals surface area contributed by atoms with Gasteiger partial charge in [0.25, 0.3) is 0 Å². The zero-order valence-corrected chi connectivity index (χ0v) is 16.4. The first-order chi connectivity index (χ1) is 14.0. The van der Waals surface area contributed by atoms with E-state index in [1.807, 2.05) is 48.7 Å². The van der Waals surface area contributed by atoms with E-state index in [-0.39, 0.29) is 18.6 Å². The van der Waals surface area contributed by atoms with Crippen molar-refractivity contribution < 1.29 is 19.1 Å². The zero-order chi connectivity index (χ0) is 20.4. The fourth-order valence-corrected chi connectivity index (χ4v) is 3.62. The number of aromatic amines is 1. The molecule has 0 aliphatic carbocycles. The molecule has 4 rings (SSSR count). The van der Waals surface area contributed by atoms with Gasteiger partial charge in [0.15, 0.2) is 11.5 Å². The van der Waals surface area contributed by atoms with Gasteiger partial charge >= 0.3 is 0 Å². The van der Waals surface area contributed by atoms with Crippen LogP contribution in [0.3, 0.4) is 0 Å². The van der Waals surface area contributed by atoms with Crippen molar-refractivity contribution in [2.24, 2.45) is 0 Å². The SMILES string of the molecule is CC(=O)NC(Cc1c[nH]c2ccccc12)C(=O)N(C)Cc1ccc2c(c1)OCO2. The van der Waals surface area contributed by atoms with Crippen molar-refractivity contribution in [3.63, 3.8) is 0 Å². The summed E-state index contributed by atoms with van der Waals surface area (Å²) in [4.78, 5) is 29.7. The predicted molar refractivity (Wildman–Crippen MR) is 109 cm³/mol. The van der Waals surface area contributed by atoms with Gasteiger partial charge in [-0.05, 0) is 29.3 Å². The maximum Gasteiger partial charge on any atom is 0.245 e. The number of amides is 2. The van der Waals surface area contributed by atoms with Gasteiger partial charge in [0.05, 0.1) is 0 Å². The highest BCUT2D eigenvalue weighted by molar-refractivity contribution is 5.89. The average Bonchev–Trinajstić information content (AvgIpc) is 3.33. The minimum absolute atomic E-state index is 0.150. The summed E-state index contributed by atoms with van der Waals surface area (Å²) in [7, 11) is 1.73. The van der Waals surface area contributed by atoms with E-state index in [0.29, 0.717) is 24.5 Å². The van der Waals surface area contributed by atoms with E-state index in [2.05, 4.69) is 10.3 Å². The van der Waals surface area contributed by atoms with Gasteiger partial charge in [-0.1, -0.05) is 24.3 Å². The molecule has 7 heteroatoms. The summed E-state index contributed by atoms with van der Waals surface area (Å²) in [5.41, 5.74) is 2.92. The van der Waals surface area contributed by atoms with Crippen molar-refractivity contribution in [2.75, 3.05) is 13.8 Å². The highest BCUT2D eigenvalue weighted by atomic mass is 16.7. The number of nitrogens with zero attached hydrogens (tertiary/aromatic N) is 1. The first kappa shape index (κ1) is 18.9. The van der Waals surface area contributed by atoms with Gasteiger partial charge in [-0.25, -0.2) is 0 Å². The summed E-state index contributed by atoms with van der Waals surface area (Å²) in [6.45, 7) is 2.04. The molecule has 1 aromatic heterocycles. The molecule has 2 aromatic carbocycles. The van der Waals surface area contributed by atoms with Gasteiger partial charge < -0.3 is 24.7 Å². The fraction of sp³-hybridized carbons (Fsp3) is 0.273. The monoisotopic (exact) mass is 393 g/mol. The number of fused-ring (bicyclic) bond motifs is 2. The summed E-state index contributed by atoms with van der Waals surface area (Å²) in [6.07, 6.45) is 2.30. The average molecular weight is 393 g/mol. The number of benzene rings is 2. The van der Waals surface area contributed by atoms with Crippen LogP contribution in [-0.2, 0) is 22.6 Å². The van der Waals surface area contributed by atoms with Crippen LogP contribution >= 0.6 is 0 Å². The molecule has 0 saturated carbocycles. The minimum Gasteiger partial charge on any atom is -0.454 e. The number of carbonyl (C=O) groups is 2. The molecule has 2 N–H and O–H groups in total. The number of ether oxygens (including phenoxy) is 2. The standard InChI is InChI=1S/C22H23N3O4/c1-14(26)24-19(10-16-11-23-18-6-4-3-5-17(16)18)22(27)25(2)12-15-7-8-20-21(9-15)29-13-28-20/h3-9,11,19,23H,10,12-13H2,1-2H3,(H,24,26). The van der Waals surface area contributed by atoms with E-state index in [1.54, 1.807) is 11.9 Å². The Labute approximate surface area is 168 Å². The number of aromatic nitrogens is 1. The van der Waals surface area contributed by atoms with Gasteiger partial charge in [-0.15, -0.1) is 0 Å². The molecule has 1 unspecified atom stereocenters. The second-order valence-corrected chi connectivity index (χ2v) is 7.20. The van der Waals surface area contributed by atoms with Crippen LogP contribution in [0.5, 0.6) is 11.5 Å². The summed E-state index contributed by atoms with van der Waals surface area (Å²) in [6, 6.07) is 12.9. The third-order valence-electron chi connectivity index (χ3n) is 5.01. The van der Waals surface area contributed by atoms with Gasteiger partial charge in [0, 0.05) is 44.0 Å². The Bertz CT molecular complexity index is 1060. The minimum atomic E-state index is -0.647. The van der Waals surface area contributed by atoms with E-state index in [1.165, 1.54) is 6.92 Å². The summed E-state index contributed by atoms with van der Waals surface area (Å²) in [5.74, 6) is 1.00. The molecular formula is C22H23N3O4. The normalized spacial score (nSPS) is 13.3. The Hall–Kier alpha value is -3.48. The maximum atomic E-state index is 13.1. The van der Waals surface area contributed by atoms with Crippen molar-refractivity contribution in [1.29, 1.82) is 0 Å². The van der Waals surface area contributed by atoms with E-state index in [4.69, 9.17) is 9.47 Å². The van der Waals surface area contributed by atoms with Crippen LogP contribution in [0.4, 0.5) is 0 Å². The second-order valence-electron chi connectivity index (χ2n) is 7.20. The lowest BCUT2D eigenvalue weighted by atomic mass is 10.0. The molecule has 29 heavy (non-hydrogen) atoms. The molecule has 0 bridgehead atoms. The Morgan fingerprint density at radius 1 is 1.17 bits per heavy atom. The lowest BCUT2D eigenvalue weighted by Gasteiger charge is -2.24. The number of likely N-dealkylation sites (N-methyl/N-ethyl adjacent to an activating group) is 1. The number of hydrogen-bond donors (Lipinski definition) is 2. The van der Waals surface area contributed by atoms with Crippen LogP contribution < -0.4 is 14.8 Å². The third-order valence-corrected chi connectivity index (χ3v) is 5.01. The summed E-state index contributed by atoms with van der Waals surface area (Å²) >= 11 is 0. The molecule has 0 fully saturated rings. The second kappa shape index (κ2) is 7.87. The molecule has 7 nitrogen and oxygen atoms in total. The molecular weight excluding hydrogens is 370 g/mol. The molecule has 0 radical (unpaired) electrons. The molecule has 2 heterocycles. The number of carbonyl (C=O) groups excluding carboxylic acids is 2. The molecule has 1 atom stereocenters. The van der Waals surface area contributed by atoms with Crippen molar-refractivity contribution in [2.45, 2.75) is 25.9 Å². The van der Waals surface area contributed by atoms with Crippen LogP contribution in [0, 0.1) is 0 Å². The number of H-pyrrole nitrogens is 1. The van der Waals surface area contributed by atoms with E-state index in [9.17, 15) is 9.59 Å². The number of para-hydroxylation sites is 1. The van der Waals surface area contributed by atoms with Crippen LogP contribution in [0.2, 0.25) is 0 Å².